The van der Waals surface area contributed by atoms with Crippen LogP contribution in [0.25, 0.3) is 22.8 Å². The van der Waals surface area contributed by atoms with Crippen molar-refractivity contribution >= 4 is 0 Å². The molecule has 1 aliphatic heterocycles. The van der Waals surface area contributed by atoms with Crippen molar-refractivity contribution in [1.29, 1.82) is 0 Å². The van der Waals surface area contributed by atoms with E-state index in [2.05, 4.69) is 28.8 Å². The zero-order chi connectivity index (χ0) is 31.6. The number of hydrogen-bond acceptors (Lipinski definition) is 9. The second-order valence-electron chi connectivity index (χ2n) is 11.0. The van der Waals surface area contributed by atoms with Crippen LogP contribution in [0.5, 0.6) is 23.0 Å². The lowest BCUT2D eigenvalue weighted by Gasteiger charge is -2.12. The lowest BCUT2D eigenvalue weighted by molar-refractivity contribution is 0.305. The average Bonchev–Trinajstić information content (AvgIpc) is 3.46. The summed E-state index contributed by atoms with van der Waals surface area (Å²) in [6.45, 7) is 4.47. The fourth-order valence-electron chi connectivity index (χ4n) is 4.86. The van der Waals surface area contributed by atoms with Gasteiger partial charge in [0, 0.05) is 17.2 Å². The van der Waals surface area contributed by atoms with Crippen LogP contribution in [0.3, 0.4) is 0 Å². The molecule has 4 N–H and O–H groups in total. The lowest BCUT2D eigenvalue weighted by atomic mass is 10.1. The maximum atomic E-state index is 9.45. The fourth-order valence-corrected chi connectivity index (χ4v) is 4.86. The Morgan fingerprint density at radius 2 is 1.22 bits per heavy atom. The molecule has 0 unspecified atom stereocenters. The highest BCUT2D eigenvalue weighted by Gasteiger charge is 2.14. The maximum absolute atomic E-state index is 9.45. The molecular formula is C36H39N5O4. The van der Waals surface area contributed by atoms with Crippen molar-refractivity contribution < 1.29 is 19.7 Å². The van der Waals surface area contributed by atoms with E-state index in [4.69, 9.17) is 20.2 Å². The zero-order valence-corrected chi connectivity index (χ0v) is 25.6. The SMILES string of the molecule is C[C@@H]1CCCN1C.NCc1nc(-c2cccc(COc3ccc(O)cc3)c2)nc(-c2cccc(COc3ccc(O)cc3)c2)n1. The van der Waals surface area contributed by atoms with E-state index in [1.807, 2.05) is 48.5 Å². The summed E-state index contributed by atoms with van der Waals surface area (Å²) < 4.78 is 11.7. The van der Waals surface area contributed by atoms with Crippen molar-refractivity contribution in [1.82, 2.24) is 19.9 Å². The number of hydrogen-bond donors (Lipinski definition) is 3. The molecule has 9 heteroatoms. The highest BCUT2D eigenvalue weighted by atomic mass is 16.5. The molecule has 0 amide bonds. The largest absolute Gasteiger partial charge is 0.508 e. The molecular weight excluding hydrogens is 566 g/mol. The molecule has 45 heavy (non-hydrogen) atoms. The molecule has 4 aromatic carbocycles. The summed E-state index contributed by atoms with van der Waals surface area (Å²) in [5.74, 6) is 3.24. The first-order chi connectivity index (χ1) is 21.9. The van der Waals surface area contributed by atoms with Crippen molar-refractivity contribution in [3.63, 3.8) is 0 Å². The first kappa shape index (κ1) is 31.4. The predicted molar refractivity (Wildman–Crippen MR) is 175 cm³/mol. The first-order valence-electron chi connectivity index (χ1n) is 15.0. The van der Waals surface area contributed by atoms with Crippen LogP contribution in [0.15, 0.2) is 97.1 Å². The molecule has 0 radical (unpaired) electrons. The number of rotatable bonds is 9. The number of phenolic OH excluding ortho intramolecular Hbond substituents is 2. The van der Waals surface area contributed by atoms with Gasteiger partial charge in [0.1, 0.15) is 42.0 Å². The molecule has 1 aromatic heterocycles. The van der Waals surface area contributed by atoms with Gasteiger partial charge in [-0.15, -0.1) is 0 Å². The third kappa shape index (κ3) is 9.01. The van der Waals surface area contributed by atoms with Gasteiger partial charge in [0.15, 0.2) is 11.6 Å². The van der Waals surface area contributed by atoms with Crippen LogP contribution >= 0.6 is 0 Å². The van der Waals surface area contributed by atoms with Gasteiger partial charge in [-0.05, 0) is 105 Å². The number of nitrogens with two attached hydrogens (primary N) is 1. The number of nitrogens with zero attached hydrogens (tertiary/aromatic N) is 4. The molecule has 9 nitrogen and oxygen atoms in total. The van der Waals surface area contributed by atoms with Crippen molar-refractivity contribution in [2.24, 2.45) is 5.73 Å². The van der Waals surface area contributed by atoms with Crippen LogP contribution in [0.1, 0.15) is 36.7 Å². The van der Waals surface area contributed by atoms with E-state index in [1.165, 1.54) is 19.4 Å². The van der Waals surface area contributed by atoms with E-state index in [9.17, 15) is 10.2 Å². The monoisotopic (exact) mass is 605 g/mol. The summed E-state index contributed by atoms with van der Waals surface area (Å²) in [4.78, 5) is 16.3. The standard InChI is InChI=1S/C30H26N4O4.C6H13N/c31-17-28-32-29(22-5-1-3-20(15-22)18-37-26-11-7-24(35)8-12-26)34-30(33-28)23-6-2-4-21(16-23)19-38-27-13-9-25(36)10-14-27;1-6-4-3-5-7(6)2/h1-16,35-36H,17-19,31H2;6H,3-5H2,1-2H3/t;6-/m.1/s1. The highest BCUT2D eigenvalue weighted by molar-refractivity contribution is 5.62. The smallest absolute Gasteiger partial charge is 0.163 e. The van der Waals surface area contributed by atoms with Crippen molar-refractivity contribution in [3.05, 3.63) is 114 Å². The molecule has 0 saturated carbocycles. The average molecular weight is 606 g/mol. The number of likely N-dealkylation sites (tertiary alicyclic amines) is 1. The molecule has 5 aromatic rings. The van der Waals surface area contributed by atoms with Crippen molar-refractivity contribution in [2.75, 3.05) is 13.6 Å². The number of aromatic hydroxyl groups is 2. The lowest BCUT2D eigenvalue weighted by Crippen LogP contribution is -2.20. The van der Waals surface area contributed by atoms with Crippen LogP contribution in [-0.2, 0) is 19.8 Å². The summed E-state index contributed by atoms with van der Waals surface area (Å²) >= 11 is 0. The Bertz CT molecular complexity index is 1560. The Kier molecular flexibility index (Phi) is 10.6. The molecule has 0 aliphatic carbocycles. The van der Waals surface area contributed by atoms with Gasteiger partial charge in [0.25, 0.3) is 0 Å². The number of benzene rings is 4. The van der Waals surface area contributed by atoms with E-state index < -0.39 is 0 Å². The minimum absolute atomic E-state index is 0.176. The Morgan fingerprint density at radius 1 is 0.733 bits per heavy atom. The second-order valence-corrected chi connectivity index (χ2v) is 11.0. The van der Waals surface area contributed by atoms with Crippen LogP contribution < -0.4 is 15.2 Å². The highest BCUT2D eigenvalue weighted by Crippen LogP contribution is 2.24. The van der Waals surface area contributed by atoms with Crippen LogP contribution in [-0.4, -0.2) is 49.7 Å². The van der Waals surface area contributed by atoms with E-state index in [-0.39, 0.29) is 18.0 Å². The van der Waals surface area contributed by atoms with Crippen molar-refractivity contribution in [2.45, 2.75) is 45.6 Å². The van der Waals surface area contributed by atoms with Gasteiger partial charge in [0.2, 0.25) is 0 Å². The van der Waals surface area contributed by atoms with Crippen LogP contribution in [0.4, 0.5) is 0 Å². The minimum Gasteiger partial charge on any atom is -0.508 e. The van der Waals surface area contributed by atoms with E-state index in [1.54, 1.807) is 48.5 Å². The Morgan fingerprint density at radius 3 is 1.60 bits per heavy atom. The molecule has 2 heterocycles. The van der Waals surface area contributed by atoms with E-state index in [0.717, 1.165) is 28.3 Å². The third-order valence-electron chi connectivity index (χ3n) is 7.60. The molecule has 6 rings (SSSR count). The summed E-state index contributed by atoms with van der Waals surface area (Å²) in [5.41, 5.74) is 9.45. The number of aromatic nitrogens is 3. The molecule has 0 bridgehead atoms. The summed E-state index contributed by atoms with van der Waals surface area (Å²) in [5, 5.41) is 18.9. The third-order valence-corrected chi connectivity index (χ3v) is 7.60. The Hall–Kier alpha value is -4.99. The molecule has 1 aliphatic rings. The van der Waals surface area contributed by atoms with Gasteiger partial charge in [-0.1, -0.05) is 36.4 Å². The minimum atomic E-state index is 0.176. The summed E-state index contributed by atoms with van der Waals surface area (Å²) in [6, 6.07) is 29.7. The normalized spacial score (nSPS) is 14.4. The van der Waals surface area contributed by atoms with Gasteiger partial charge >= 0.3 is 0 Å². The fraction of sp³-hybridized carbons (Fsp3) is 0.250. The predicted octanol–water partition coefficient (Wildman–Crippen LogP) is 6.33. The van der Waals surface area contributed by atoms with Gasteiger partial charge in [-0.25, -0.2) is 15.0 Å². The zero-order valence-electron chi connectivity index (χ0n) is 25.6. The van der Waals surface area contributed by atoms with Gasteiger partial charge in [-0.3, -0.25) is 0 Å². The van der Waals surface area contributed by atoms with Crippen LogP contribution in [0.2, 0.25) is 0 Å². The first-order valence-corrected chi connectivity index (χ1v) is 15.0. The number of phenols is 2. The Labute approximate surface area is 264 Å². The number of ether oxygens (including phenoxy) is 2. The van der Waals surface area contributed by atoms with Gasteiger partial charge in [0.05, 0.1) is 6.54 Å². The molecule has 1 atom stereocenters. The van der Waals surface area contributed by atoms with Gasteiger partial charge in [-0.2, -0.15) is 0 Å². The van der Waals surface area contributed by atoms with Crippen molar-refractivity contribution in [3.8, 4) is 45.8 Å². The van der Waals surface area contributed by atoms with Crippen LogP contribution in [0, 0.1) is 0 Å². The topological polar surface area (TPSA) is 127 Å². The van der Waals surface area contributed by atoms with E-state index in [0.29, 0.717) is 42.2 Å². The molecule has 232 valence electrons. The molecule has 0 spiro atoms. The summed E-state index contributed by atoms with van der Waals surface area (Å²) in [6.07, 6.45) is 2.80. The van der Waals surface area contributed by atoms with E-state index >= 15 is 0 Å². The molecule has 1 saturated heterocycles. The maximum Gasteiger partial charge on any atom is 0.163 e. The second kappa shape index (κ2) is 15.1. The quantitative estimate of drug-likeness (QED) is 0.177. The Balaban J connectivity index is 0.000000505. The van der Waals surface area contributed by atoms with Gasteiger partial charge < -0.3 is 30.3 Å². The molecule has 1 fully saturated rings. The summed E-state index contributed by atoms with van der Waals surface area (Å²) in [7, 11) is 2.19.